The lowest BCUT2D eigenvalue weighted by Gasteiger charge is -2.25. The number of aryl methyl sites for hydroxylation is 2. The van der Waals surface area contributed by atoms with E-state index in [1.807, 2.05) is 57.2 Å². The lowest BCUT2D eigenvalue weighted by atomic mass is 10.0. The first-order valence-corrected chi connectivity index (χ1v) is 10.5. The SMILES string of the molecule is CC[C@@H](NC(=O)CN(c1ccccc1C)S(C)(=O)=O)c1ccc(C)cc1. The Hall–Kier alpha value is -2.34. The fraction of sp³-hybridized carbons (Fsp3) is 0.350. The van der Waals surface area contributed by atoms with Crippen molar-refractivity contribution in [3.8, 4) is 0 Å². The van der Waals surface area contributed by atoms with Crippen LogP contribution in [0.15, 0.2) is 48.5 Å². The van der Waals surface area contributed by atoms with Crippen LogP contribution in [0.3, 0.4) is 0 Å². The highest BCUT2D eigenvalue weighted by atomic mass is 32.2. The zero-order valence-corrected chi connectivity index (χ0v) is 16.5. The monoisotopic (exact) mass is 374 g/mol. The van der Waals surface area contributed by atoms with Crippen LogP contribution in [0.25, 0.3) is 0 Å². The number of para-hydroxylation sites is 1. The van der Waals surface area contributed by atoms with Crippen LogP contribution >= 0.6 is 0 Å². The van der Waals surface area contributed by atoms with Gasteiger partial charge in [-0.05, 0) is 37.5 Å². The van der Waals surface area contributed by atoms with Crippen LogP contribution in [0.2, 0.25) is 0 Å². The molecule has 5 nitrogen and oxygen atoms in total. The molecule has 2 aromatic rings. The van der Waals surface area contributed by atoms with Crippen LogP contribution in [0.4, 0.5) is 5.69 Å². The molecule has 0 unspecified atom stereocenters. The zero-order chi connectivity index (χ0) is 19.3. The first-order chi connectivity index (χ1) is 12.2. The molecule has 1 amide bonds. The van der Waals surface area contributed by atoms with E-state index in [9.17, 15) is 13.2 Å². The molecule has 0 aromatic heterocycles. The number of sulfonamides is 1. The molecule has 0 heterocycles. The number of hydrogen-bond acceptors (Lipinski definition) is 3. The molecule has 2 rings (SSSR count). The number of nitrogens with one attached hydrogen (secondary N) is 1. The Labute approximate surface area is 156 Å². The maximum absolute atomic E-state index is 12.6. The second kappa shape index (κ2) is 8.36. The number of rotatable bonds is 7. The molecule has 0 aliphatic rings. The van der Waals surface area contributed by atoms with E-state index in [4.69, 9.17) is 0 Å². The molecular formula is C20H26N2O3S. The van der Waals surface area contributed by atoms with Gasteiger partial charge in [-0.2, -0.15) is 0 Å². The van der Waals surface area contributed by atoms with Crippen LogP contribution in [0.5, 0.6) is 0 Å². The Bertz CT molecular complexity index is 861. The third-order valence-corrected chi connectivity index (χ3v) is 5.42. The second-order valence-electron chi connectivity index (χ2n) is 6.50. The zero-order valence-electron chi connectivity index (χ0n) is 15.7. The van der Waals surface area contributed by atoms with E-state index in [0.717, 1.165) is 33.7 Å². The maximum atomic E-state index is 12.6. The summed E-state index contributed by atoms with van der Waals surface area (Å²) in [6.07, 6.45) is 1.84. The minimum Gasteiger partial charge on any atom is -0.348 e. The van der Waals surface area contributed by atoms with E-state index < -0.39 is 10.0 Å². The van der Waals surface area contributed by atoms with Gasteiger partial charge in [0, 0.05) is 0 Å². The minimum atomic E-state index is -3.58. The molecule has 0 fully saturated rings. The topological polar surface area (TPSA) is 66.5 Å². The first-order valence-electron chi connectivity index (χ1n) is 8.61. The van der Waals surface area contributed by atoms with Gasteiger partial charge < -0.3 is 5.32 Å². The summed E-state index contributed by atoms with van der Waals surface area (Å²) in [6, 6.07) is 15.0. The molecular weight excluding hydrogens is 348 g/mol. The number of amides is 1. The van der Waals surface area contributed by atoms with Gasteiger partial charge in [0.25, 0.3) is 0 Å². The van der Waals surface area contributed by atoms with Gasteiger partial charge in [-0.25, -0.2) is 8.42 Å². The summed E-state index contributed by atoms with van der Waals surface area (Å²) in [5.41, 5.74) is 3.48. The van der Waals surface area contributed by atoms with E-state index in [1.54, 1.807) is 12.1 Å². The number of nitrogens with zero attached hydrogens (tertiary/aromatic N) is 1. The third-order valence-electron chi connectivity index (χ3n) is 4.29. The summed E-state index contributed by atoms with van der Waals surface area (Å²) in [6.45, 7) is 5.58. The quantitative estimate of drug-likeness (QED) is 0.808. The fourth-order valence-electron chi connectivity index (χ4n) is 2.81. The van der Waals surface area contributed by atoms with E-state index >= 15 is 0 Å². The van der Waals surface area contributed by atoms with Crippen LogP contribution in [0.1, 0.15) is 36.1 Å². The summed E-state index contributed by atoms with van der Waals surface area (Å²) in [5, 5.41) is 2.95. The van der Waals surface area contributed by atoms with Crippen molar-refractivity contribution in [1.82, 2.24) is 5.32 Å². The fourth-order valence-corrected chi connectivity index (χ4v) is 3.73. The lowest BCUT2D eigenvalue weighted by Crippen LogP contribution is -2.41. The van der Waals surface area contributed by atoms with Crippen molar-refractivity contribution in [3.05, 3.63) is 65.2 Å². The van der Waals surface area contributed by atoms with Gasteiger partial charge in [0.15, 0.2) is 0 Å². The Balaban J connectivity index is 2.19. The van der Waals surface area contributed by atoms with Gasteiger partial charge >= 0.3 is 0 Å². The number of hydrogen-bond donors (Lipinski definition) is 1. The lowest BCUT2D eigenvalue weighted by molar-refractivity contribution is -0.120. The summed E-state index contributed by atoms with van der Waals surface area (Å²) in [4.78, 5) is 12.6. The number of benzene rings is 2. The van der Waals surface area contributed by atoms with Crippen molar-refractivity contribution in [3.63, 3.8) is 0 Å². The van der Waals surface area contributed by atoms with E-state index in [2.05, 4.69) is 5.32 Å². The van der Waals surface area contributed by atoms with Crippen molar-refractivity contribution >= 4 is 21.6 Å². The average molecular weight is 375 g/mol. The van der Waals surface area contributed by atoms with Gasteiger partial charge in [0.2, 0.25) is 15.9 Å². The van der Waals surface area contributed by atoms with Crippen molar-refractivity contribution in [1.29, 1.82) is 0 Å². The molecule has 1 N–H and O–H groups in total. The van der Waals surface area contributed by atoms with Crippen LogP contribution in [-0.4, -0.2) is 27.1 Å². The number of anilines is 1. The molecule has 0 radical (unpaired) electrons. The van der Waals surface area contributed by atoms with Crippen molar-refractivity contribution in [2.24, 2.45) is 0 Å². The summed E-state index contributed by atoms with van der Waals surface area (Å²) < 4.78 is 25.6. The van der Waals surface area contributed by atoms with Crippen LogP contribution in [-0.2, 0) is 14.8 Å². The molecule has 0 saturated heterocycles. The standard InChI is InChI=1S/C20H26N2O3S/c1-5-18(17-12-10-15(2)11-13-17)21-20(23)14-22(26(4,24)25)19-9-7-6-8-16(19)3/h6-13,18H,5,14H2,1-4H3,(H,21,23)/t18-/m1/s1. The highest BCUT2D eigenvalue weighted by Gasteiger charge is 2.23. The smallest absolute Gasteiger partial charge is 0.241 e. The minimum absolute atomic E-state index is 0.151. The van der Waals surface area contributed by atoms with Crippen molar-refractivity contribution < 1.29 is 13.2 Å². The largest absolute Gasteiger partial charge is 0.348 e. The summed E-state index contributed by atoms with van der Waals surface area (Å²) in [5.74, 6) is -0.328. The molecule has 26 heavy (non-hydrogen) atoms. The Morgan fingerprint density at radius 2 is 1.69 bits per heavy atom. The second-order valence-corrected chi connectivity index (χ2v) is 8.40. The van der Waals surface area contributed by atoms with Crippen molar-refractivity contribution in [2.75, 3.05) is 17.1 Å². The molecule has 6 heteroatoms. The number of carbonyl (C=O) groups is 1. The molecule has 0 aliphatic heterocycles. The molecule has 1 atom stereocenters. The van der Waals surface area contributed by atoms with Gasteiger partial charge in [-0.15, -0.1) is 0 Å². The molecule has 140 valence electrons. The Morgan fingerprint density at radius 1 is 1.08 bits per heavy atom. The van der Waals surface area contributed by atoms with Crippen LogP contribution < -0.4 is 9.62 Å². The predicted octanol–water partition coefficient (Wildman–Crippen LogP) is 3.34. The predicted molar refractivity (Wildman–Crippen MR) is 106 cm³/mol. The van der Waals surface area contributed by atoms with Gasteiger partial charge in [0.05, 0.1) is 18.0 Å². The first kappa shape index (κ1) is 20.0. The van der Waals surface area contributed by atoms with Gasteiger partial charge in [-0.1, -0.05) is 55.0 Å². The van der Waals surface area contributed by atoms with Crippen LogP contribution in [0, 0.1) is 13.8 Å². The highest BCUT2D eigenvalue weighted by molar-refractivity contribution is 7.92. The molecule has 0 saturated carbocycles. The van der Waals surface area contributed by atoms with E-state index in [0.29, 0.717) is 5.69 Å². The van der Waals surface area contributed by atoms with E-state index in [1.165, 1.54) is 0 Å². The average Bonchev–Trinajstić information content (AvgIpc) is 2.58. The van der Waals surface area contributed by atoms with E-state index in [-0.39, 0.29) is 18.5 Å². The Kier molecular flexibility index (Phi) is 6.42. The third kappa shape index (κ3) is 5.08. The number of carbonyl (C=O) groups excluding carboxylic acids is 1. The summed E-state index contributed by atoms with van der Waals surface area (Å²) in [7, 11) is -3.58. The molecule has 2 aromatic carbocycles. The normalized spacial score (nSPS) is 12.5. The van der Waals surface area contributed by atoms with Gasteiger partial charge in [0.1, 0.15) is 6.54 Å². The summed E-state index contributed by atoms with van der Waals surface area (Å²) >= 11 is 0. The highest BCUT2D eigenvalue weighted by Crippen LogP contribution is 2.22. The molecule has 0 bridgehead atoms. The molecule has 0 spiro atoms. The Morgan fingerprint density at radius 3 is 2.23 bits per heavy atom. The molecule has 0 aliphatic carbocycles. The van der Waals surface area contributed by atoms with Crippen molar-refractivity contribution in [2.45, 2.75) is 33.2 Å². The van der Waals surface area contributed by atoms with Gasteiger partial charge in [-0.3, -0.25) is 9.10 Å². The maximum Gasteiger partial charge on any atom is 0.241 e.